The number of amides is 1. The normalized spacial score (nSPS) is 10.8. The van der Waals surface area contributed by atoms with Crippen molar-refractivity contribution in [2.24, 2.45) is 0 Å². The summed E-state index contributed by atoms with van der Waals surface area (Å²) in [6.07, 6.45) is 0.526. The first-order valence-electron chi connectivity index (χ1n) is 9.12. The number of nitrogens with zero attached hydrogens (tertiary/aromatic N) is 3. The zero-order valence-corrected chi connectivity index (χ0v) is 16.7. The quantitative estimate of drug-likeness (QED) is 0.285. The maximum atomic E-state index is 11.5. The van der Waals surface area contributed by atoms with Crippen LogP contribution in [-0.2, 0) is 0 Å². The van der Waals surface area contributed by atoms with E-state index in [-0.39, 0.29) is 12.2 Å². The highest BCUT2D eigenvalue weighted by molar-refractivity contribution is 5.99. The van der Waals surface area contributed by atoms with Gasteiger partial charge in [0.2, 0.25) is 0 Å². The maximum Gasteiger partial charge on any atom is 0.404 e. The standard InChI is InChI=1S/C19H21N5O6/c1-10-17(11(2)30-23-10)13-7-14-12(8-16(13)29-3)18(15(9-22-14)24(27)28)20-5-4-6-21-19(25)26/h7-9,21H,4-6H2,1-3H3,(H,20,22)(H,25,26). The largest absolute Gasteiger partial charge is 0.496 e. The SMILES string of the molecule is COc1cc2c(NCCCNC(=O)O)c([N+](=O)[O-])cnc2cc1-c1c(C)noc1C. The van der Waals surface area contributed by atoms with Crippen molar-refractivity contribution in [2.45, 2.75) is 20.3 Å². The minimum Gasteiger partial charge on any atom is -0.496 e. The first-order chi connectivity index (χ1) is 14.3. The van der Waals surface area contributed by atoms with Gasteiger partial charge in [0.1, 0.15) is 23.4 Å². The fourth-order valence-electron chi connectivity index (χ4n) is 3.26. The topological polar surface area (TPSA) is 153 Å². The van der Waals surface area contributed by atoms with Crippen molar-refractivity contribution in [3.05, 3.63) is 39.9 Å². The molecule has 0 spiro atoms. The Kier molecular flexibility index (Phi) is 6.00. The van der Waals surface area contributed by atoms with Gasteiger partial charge in [-0.25, -0.2) is 9.78 Å². The lowest BCUT2D eigenvalue weighted by molar-refractivity contribution is -0.384. The van der Waals surface area contributed by atoms with Gasteiger partial charge in [-0.1, -0.05) is 5.16 Å². The summed E-state index contributed by atoms with van der Waals surface area (Å²) in [5.74, 6) is 1.12. The summed E-state index contributed by atoms with van der Waals surface area (Å²) in [4.78, 5) is 25.8. The number of carboxylic acid groups (broad SMARTS) is 1. The van der Waals surface area contributed by atoms with Crippen molar-refractivity contribution >= 4 is 28.4 Å². The third-order valence-corrected chi connectivity index (χ3v) is 4.60. The molecule has 11 nitrogen and oxygen atoms in total. The fraction of sp³-hybridized carbons (Fsp3) is 0.316. The number of ether oxygens (including phenoxy) is 1. The number of pyridine rings is 1. The average Bonchev–Trinajstić information content (AvgIpc) is 3.04. The molecule has 3 aromatic rings. The van der Waals surface area contributed by atoms with E-state index in [0.717, 1.165) is 11.1 Å². The Morgan fingerprint density at radius 3 is 2.70 bits per heavy atom. The van der Waals surface area contributed by atoms with Gasteiger partial charge in [0.15, 0.2) is 0 Å². The van der Waals surface area contributed by atoms with Gasteiger partial charge < -0.3 is 25.0 Å². The van der Waals surface area contributed by atoms with Crippen LogP contribution in [0.4, 0.5) is 16.2 Å². The van der Waals surface area contributed by atoms with Gasteiger partial charge in [0.25, 0.3) is 0 Å². The van der Waals surface area contributed by atoms with Crippen molar-refractivity contribution in [1.29, 1.82) is 0 Å². The van der Waals surface area contributed by atoms with E-state index in [1.165, 1.54) is 13.3 Å². The van der Waals surface area contributed by atoms with Crippen LogP contribution in [0.25, 0.3) is 22.0 Å². The molecule has 3 N–H and O–H groups in total. The molecule has 0 atom stereocenters. The Morgan fingerprint density at radius 1 is 1.33 bits per heavy atom. The molecule has 0 radical (unpaired) electrons. The van der Waals surface area contributed by atoms with Crippen molar-refractivity contribution in [3.63, 3.8) is 0 Å². The second-order valence-electron chi connectivity index (χ2n) is 6.56. The van der Waals surface area contributed by atoms with E-state index in [0.29, 0.717) is 46.8 Å². The first-order valence-corrected chi connectivity index (χ1v) is 9.12. The Balaban J connectivity index is 2.06. The predicted octanol–water partition coefficient (Wildman–Crippen LogP) is 3.49. The molecule has 1 amide bonds. The van der Waals surface area contributed by atoms with Gasteiger partial charge in [-0.05, 0) is 32.4 Å². The number of nitrogens with one attached hydrogen (secondary N) is 2. The second kappa shape index (κ2) is 8.64. The lowest BCUT2D eigenvalue weighted by atomic mass is 10.00. The van der Waals surface area contributed by atoms with E-state index >= 15 is 0 Å². The summed E-state index contributed by atoms with van der Waals surface area (Å²) in [7, 11) is 1.51. The van der Waals surface area contributed by atoms with E-state index in [1.54, 1.807) is 19.1 Å². The van der Waals surface area contributed by atoms with Gasteiger partial charge in [-0.15, -0.1) is 0 Å². The first kappa shape index (κ1) is 20.8. The highest BCUT2D eigenvalue weighted by Gasteiger charge is 2.22. The minimum absolute atomic E-state index is 0.180. The van der Waals surface area contributed by atoms with Crippen molar-refractivity contribution in [1.82, 2.24) is 15.5 Å². The fourth-order valence-corrected chi connectivity index (χ4v) is 3.26. The molecule has 158 valence electrons. The van der Waals surface area contributed by atoms with E-state index in [4.69, 9.17) is 14.4 Å². The van der Waals surface area contributed by atoms with Crippen LogP contribution in [0.2, 0.25) is 0 Å². The molecule has 0 fully saturated rings. The molecular formula is C19H21N5O6. The van der Waals surface area contributed by atoms with Crippen LogP contribution in [0, 0.1) is 24.0 Å². The summed E-state index contributed by atoms with van der Waals surface area (Å²) in [5, 5.41) is 29.9. The Hall–Kier alpha value is -3.89. The van der Waals surface area contributed by atoms with Crippen molar-refractivity contribution < 1.29 is 24.1 Å². The number of rotatable bonds is 8. The van der Waals surface area contributed by atoms with Crippen LogP contribution in [0.5, 0.6) is 5.75 Å². The number of hydrogen-bond donors (Lipinski definition) is 3. The molecule has 0 aliphatic rings. The zero-order chi connectivity index (χ0) is 21.8. The third-order valence-electron chi connectivity index (χ3n) is 4.60. The number of nitro groups is 1. The van der Waals surface area contributed by atoms with Crippen LogP contribution in [-0.4, -0.2) is 46.5 Å². The van der Waals surface area contributed by atoms with Crippen molar-refractivity contribution in [3.8, 4) is 16.9 Å². The average molecular weight is 415 g/mol. The van der Waals surface area contributed by atoms with Crippen LogP contribution in [0.1, 0.15) is 17.9 Å². The number of benzene rings is 1. The summed E-state index contributed by atoms with van der Waals surface area (Å²) in [6.45, 7) is 4.16. The lowest BCUT2D eigenvalue weighted by Crippen LogP contribution is -2.23. The molecule has 0 bridgehead atoms. The molecule has 0 saturated heterocycles. The molecule has 11 heteroatoms. The molecule has 2 aromatic heterocycles. The number of fused-ring (bicyclic) bond motifs is 1. The van der Waals surface area contributed by atoms with Gasteiger partial charge in [0.05, 0.1) is 28.8 Å². The summed E-state index contributed by atoms with van der Waals surface area (Å²) >= 11 is 0. The number of aryl methyl sites for hydroxylation is 2. The number of aromatic nitrogens is 2. The van der Waals surface area contributed by atoms with E-state index < -0.39 is 11.0 Å². The highest BCUT2D eigenvalue weighted by Crippen LogP contribution is 2.41. The molecule has 2 heterocycles. The van der Waals surface area contributed by atoms with Gasteiger partial charge >= 0.3 is 11.8 Å². The molecule has 0 aliphatic carbocycles. The number of methoxy groups -OCH3 is 1. The van der Waals surface area contributed by atoms with Crippen molar-refractivity contribution in [2.75, 3.05) is 25.5 Å². The van der Waals surface area contributed by atoms with Gasteiger partial charge in [0, 0.05) is 24.0 Å². The van der Waals surface area contributed by atoms with Crippen LogP contribution in [0.15, 0.2) is 22.9 Å². The van der Waals surface area contributed by atoms with E-state index in [1.807, 2.05) is 6.92 Å². The van der Waals surface area contributed by atoms with Gasteiger partial charge in [-0.2, -0.15) is 0 Å². The lowest BCUT2D eigenvalue weighted by Gasteiger charge is -2.14. The van der Waals surface area contributed by atoms with Crippen LogP contribution >= 0.6 is 0 Å². The number of carbonyl (C=O) groups is 1. The van der Waals surface area contributed by atoms with E-state index in [2.05, 4.69) is 20.8 Å². The molecule has 3 rings (SSSR count). The summed E-state index contributed by atoms with van der Waals surface area (Å²) in [5.41, 5.74) is 2.84. The maximum absolute atomic E-state index is 11.5. The predicted molar refractivity (Wildman–Crippen MR) is 109 cm³/mol. The Morgan fingerprint density at radius 2 is 2.10 bits per heavy atom. The molecule has 1 aromatic carbocycles. The number of anilines is 1. The highest BCUT2D eigenvalue weighted by atomic mass is 16.6. The molecule has 0 saturated carbocycles. The second-order valence-corrected chi connectivity index (χ2v) is 6.56. The zero-order valence-electron chi connectivity index (χ0n) is 16.7. The van der Waals surface area contributed by atoms with Crippen LogP contribution in [0.3, 0.4) is 0 Å². The Labute approximate surface area is 171 Å². The van der Waals surface area contributed by atoms with E-state index in [9.17, 15) is 14.9 Å². The number of hydrogen-bond acceptors (Lipinski definition) is 8. The Bertz CT molecular complexity index is 1090. The third kappa shape index (κ3) is 4.09. The molecular weight excluding hydrogens is 394 g/mol. The molecule has 0 unspecified atom stereocenters. The molecule has 0 aliphatic heterocycles. The van der Waals surface area contributed by atoms with Gasteiger partial charge in [-0.3, -0.25) is 10.1 Å². The minimum atomic E-state index is -1.12. The van der Waals surface area contributed by atoms with Crippen LogP contribution < -0.4 is 15.4 Å². The molecule has 30 heavy (non-hydrogen) atoms. The summed E-state index contributed by atoms with van der Waals surface area (Å²) in [6, 6.07) is 3.47. The summed E-state index contributed by atoms with van der Waals surface area (Å²) < 4.78 is 10.8. The monoisotopic (exact) mass is 415 g/mol. The smallest absolute Gasteiger partial charge is 0.404 e.